The monoisotopic (exact) mass is 777 g/mol. The zero-order chi connectivity index (χ0) is 35.6. The number of Topliss-reactive ketones (excluding diaryl/α,β-unsaturated/α-hetero) is 1. The van der Waals surface area contributed by atoms with E-state index in [-0.39, 0.29) is 94.6 Å². The van der Waals surface area contributed by atoms with Crippen molar-refractivity contribution >= 4 is 86.4 Å². The van der Waals surface area contributed by atoms with Gasteiger partial charge in [-0.1, -0.05) is 15.9 Å². The van der Waals surface area contributed by atoms with Crippen molar-refractivity contribution in [2.45, 2.75) is 50.6 Å². The van der Waals surface area contributed by atoms with Gasteiger partial charge in [-0.2, -0.15) is 0 Å². The smallest absolute Gasteiger partial charge is 0.326 e. The summed E-state index contributed by atoms with van der Waals surface area (Å²) >= 11 is 13.9. The molecule has 6 N–H and O–H groups in total. The van der Waals surface area contributed by atoms with Crippen molar-refractivity contribution in [3.05, 3.63) is 0 Å². The summed E-state index contributed by atoms with van der Waals surface area (Å²) in [4.78, 5) is 95.8. The maximum atomic E-state index is 13.3. The van der Waals surface area contributed by atoms with E-state index in [4.69, 9.17) is 42.9 Å². The van der Waals surface area contributed by atoms with E-state index in [1.54, 1.807) is 0 Å². The van der Waals surface area contributed by atoms with Crippen molar-refractivity contribution in [2.75, 3.05) is 69.7 Å². The number of alkyl halides is 3. The molecule has 47 heavy (non-hydrogen) atoms. The number of aliphatic carboxylic acids is 2. The number of hydrogen-bond acceptors (Lipinski definition) is 10. The number of carbonyl (C=O) groups excluding carboxylic acids is 6. The average molecular weight is 779 g/mol. The number of hydrogen-bond donors (Lipinski definition) is 6. The standard InChI is InChI=1S/C27H42BrCl2N5O12/c28-14-21(37)34-20(27(44)45)4-3-18(36)2-1-11-46-12-13-47-17-24(40)33-19(5-6-25(41)42)26(43)35(9-7-31-22(38)15-29)10-8-32-23(39)16-30/h19-20H,1-17H2,(H,31,38)(H,32,39)(H,33,40)(H,34,37)(H,41,42)(H,44,45)/t19-,20+/m0/s1. The minimum absolute atomic E-state index is 0.00463. The number of amides is 5. The molecule has 0 aromatic carbocycles. The Kier molecular flexibility index (Phi) is 25.2. The van der Waals surface area contributed by atoms with E-state index < -0.39 is 66.6 Å². The summed E-state index contributed by atoms with van der Waals surface area (Å²) in [6.07, 6.45) is -0.224. The lowest BCUT2D eigenvalue weighted by Crippen LogP contribution is -2.52. The van der Waals surface area contributed by atoms with Crippen molar-refractivity contribution in [1.82, 2.24) is 26.2 Å². The number of nitrogens with one attached hydrogen (secondary N) is 4. The number of nitrogens with zero attached hydrogens (tertiary/aromatic N) is 1. The number of halogens is 3. The molecule has 0 aromatic rings. The largest absolute Gasteiger partial charge is 0.481 e. The number of ether oxygens (including phenoxy) is 2. The fourth-order valence-corrected chi connectivity index (χ4v) is 4.10. The van der Waals surface area contributed by atoms with E-state index in [0.717, 1.165) is 0 Å². The van der Waals surface area contributed by atoms with Crippen LogP contribution in [0.15, 0.2) is 0 Å². The number of carbonyl (C=O) groups is 8. The molecule has 0 heterocycles. The van der Waals surface area contributed by atoms with E-state index in [0.29, 0.717) is 6.42 Å². The van der Waals surface area contributed by atoms with E-state index in [2.05, 4.69) is 37.2 Å². The molecule has 5 amide bonds. The number of carboxylic acid groups (broad SMARTS) is 2. The fourth-order valence-electron chi connectivity index (χ4n) is 3.75. The molecule has 0 saturated heterocycles. The van der Waals surface area contributed by atoms with Crippen LogP contribution in [-0.4, -0.2) is 144 Å². The Morgan fingerprint density at radius 3 is 1.79 bits per heavy atom. The van der Waals surface area contributed by atoms with Gasteiger partial charge in [0, 0.05) is 52.0 Å². The van der Waals surface area contributed by atoms with Gasteiger partial charge in [-0.05, 0) is 19.3 Å². The van der Waals surface area contributed by atoms with Crippen LogP contribution in [0.2, 0.25) is 0 Å². The van der Waals surface area contributed by atoms with Crippen molar-refractivity contribution in [1.29, 1.82) is 0 Å². The summed E-state index contributed by atoms with van der Waals surface area (Å²) in [6, 6.07) is -2.40. The lowest BCUT2D eigenvalue weighted by atomic mass is 10.1. The van der Waals surface area contributed by atoms with Gasteiger partial charge in [0.15, 0.2) is 0 Å². The van der Waals surface area contributed by atoms with Crippen LogP contribution in [0.4, 0.5) is 0 Å². The van der Waals surface area contributed by atoms with Gasteiger partial charge in [-0.25, -0.2) is 4.79 Å². The van der Waals surface area contributed by atoms with Gasteiger partial charge in [0.1, 0.15) is 36.2 Å². The predicted molar refractivity (Wildman–Crippen MR) is 171 cm³/mol. The van der Waals surface area contributed by atoms with Gasteiger partial charge in [0.25, 0.3) is 0 Å². The van der Waals surface area contributed by atoms with Gasteiger partial charge in [-0.3, -0.25) is 33.6 Å². The Balaban J connectivity index is 4.70. The summed E-state index contributed by atoms with van der Waals surface area (Å²) < 4.78 is 10.6. The van der Waals surface area contributed by atoms with Gasteiger partial charge in [-0.15, -0.1) is 23.2 Å². The lowest BCUT2D eigenvalue weighted by molar-refractivity contribution is -0.142. The molecular weight excluding hydrogens is 737 g/mol. The molecule has 0 aliphatic heterocycles. The second-order valence-corrected chi connectivity index (χ2v) is 10.9. The Bertz CT molecular complexity index is 1030. The Labute approximate surface area is 290 Å². The number of carboxylic acids is 2. The Morgan fingerprint density at radius 1 is 0.702 bits per heavy atom. The summed E-state index contributed by atoms with van der Waals surface area (Å²) in [7, 11) is 0. The minimum atomic E-state index is -1.24. The normalized spacial score (nSPS) is 11.9. The first-order chi connectivity index (χ1) is 22.3. The lowest BCUT2D eigenvalue weighted by Gasteiger charge is -2.28. The molecule has 268 valence electrons. The van der Waals surface area contributed by atoms with Crippen LogP contribution in [-0.2, 0) is 47.8 Å². The quantitative estimate of drug-likeness (QED) is 0.0414. The number of rotatable bonds is 28. The SMILES string of the molecule is O=C(O)CC[C@H](NC(=O)COCCOCCCC(=O)CC[C@@H](NC(=O)CBr)C(=O)O)C(=O)N(CCNC(=O)CCl)CCNC(=O)CCl. The summed E-state index contributed by atoms with van der Waals surface area (Å²) in [5.74, 6) is -5.98. The van der Waals surface area contributed by atoms with Crippen LogP contribution in [0, 0.1) is 0 Å². The average Bonchev–Trinajstić information content (AvgIpc) is 3.04. The highest BCUT2D eigenvalue weighted by Gasteiger charge is 2.27. The third kappa shape index (κ3) is 23.0. The summed E-state index contributed by atoms with van der Waals surface area (Å²) in [5.41, 5.74) is 0. The van der Waals surface area contributed by atoms with Crippen LogP contribution in [0.3, 0.4) is 0 Å². The zero-order valence-electron chi connectivity index (χ0n) is 25.7. The van der Waals surface area contributed by atoms with Crippen molar-refractivity contribution < 1.29 is 58.0 Å². The van der Waals surface area contributed by atoms with E-state index >= 15 is 0 Å². The third-order valence-electron chi connectivity index (χ3n) is 6.06. The Hall–Kier alpha value is -3.06. The molecule has 2 atom stereocenters. The van der Waals surface area contributed by atoms with Gasteiger partial charge in [0.2, 0.25) is 29.5 Å². The molecule has 0 rings (SSSR count). The molecule has 0 unspecified atom stereocenters. The molecule has 0 radical (unpaired) electrons. The van der Waals surface area contributed by atoms with Crippen LogP contribution < -0.4 is 21.3 Å². The molecule has 0 saturated carbocycles. The highest BCUT2D eigenvalue weighted by atomic mass is 79.9. The van der Waals surface area contributed by atoms with Crippen molar-refractivity contribution in [3.63, 3.8) is 0 Å². The van der Waals surface area contributed by atoms with Crippen LogP contribution in [0.5, 0.6) is 0 Å². The molecule has 0 aromatic heterocycles. The molecule has 17 nitrogen and oxygen atoms in total. The molecule has 0 spiro atoms. The van der Waals surface area contributed by atoms with E-state index in [1.165, 1.54) is 4.90 Å². The van der Waals surface area contributed by atoms with Crippen LogP contribution in [0.25, 0.3) is 0 Å². The first-order valence-corrected chi connectivity index (χ1v) is 16.7. The predicted octanol–water partition coefficient (Wildman–Crippen LogP) is -0.998. The highest BCUT2D eigenvalue weighted by Crippen LogP contribution is 2.06. The Morgan fingerprint density at radius 2 is 1.26 bits per heavy atom. The second-order valence-electron chi connectivity index (χ2n) is 9.78. The summed E-state index contributed by atoms with van der Waals surface area (Å²) in [5, 5.41) is 28.0. The van der Waals surface area contributed by atoms with E-state index in [9.17, 15) is 38.4 Å². The molecule has 0 aliphatic carbocycles. The van der Waals surface area contributed by atoms with E-state index in [1.807, 2.05) is 0 Å². The fraction of sp³-hybridized carbons (Fsp3) is 0.704. The van der Waals surface area contributed by atoms with Crippen molar-refractivity contribution in [3.8, 4) is 0 Å². The van der Waals surface area contributed by atoms with Gasteiger partial charge in [0.05, 0.1) is 18.5 Å². The molecule has 20 heteroatoms. The first kappa shape index (κ1) is 43.9. The molecule has 0 aliphatic rings. The molecular formula is C27H42BrCl2N5O12. The highest BCUT2D eigenvalue weighted by molar-refractivity contribution is 9.09. The zero-order valence-corrected chi connectivity index (χ0v) is 28.8. The minimum Gasteiger partial charge on any atom is -0.481 e. The van der Waals surface area contributed by atoms with Crippen LogP contribution >= 0.6 is 39.1 Å². The maximum Gasteiger partial charge on any atom is 0.326 e. The topological polar surface area (TPSA) is 247 Å². The second kappa shape index (κ2) is 26.9. The van der Waals surface area contributed by atoms with Crippen LogP contribution in [0.1, 0.15) is 38.5 Å². The molecule has 0 fully saturated rings. The first-order valence-electron chi connectivity index (χ1n) is 14.5. The van der Waals surface area contributed by atoms with Gasteiger partial charge >= 0.3 is 11.9 Å². The third-order valence-corrected chi connectivity index (χ3v) is 7.05. The molecule has 0 bridgehead atoms. The summed E-state index contributed by atoms with van der Waals surface area (Å²) in [6.45, 7) is -0.201. The van der Waals surface area contributed by atoms with Crippen molar-refractivity contribution in [2.24, 2.45) is 0 Å². The number of ketones is 1. The van der Waals surface area contributed by atoms with Gasteiger partial charge < -0.3 is 45.9 Å². The maximum absolute atomic E-state index is 13.3.